The number of aliphatic imine (C=N–C) groups is 2. The third-order valence-electron chi connectivity index (χ3n) is 2.07. The Labute approximate surface area is 66.1 Å². The Hall–Kier alpha value is -1.18. The van der Waals surface area contributed by atoms with Gasteiger partial charge in [-0.25, -0.2) is 4.99 Å². The van der Waals surface area contributed by atoms with Gasteiger partial charge in [0.15, 0.2) is 0 Å². The molecule has 0 fully saturated rings. The van der Waals surface area contributed by atoms with Gasteiger partial charge in [0.05, 0.1) is 6.04 Å². The summed E-state index contributed by atoms with van der Waals surface area (Å²) in [4.78, 5) is 8.27. The summed E-state index contributed by atoms with van der Waals surface area (Å²) in [7, 11) is 0. The molecular formula is C9H10N2. The van der Waals surface area contributed by atoms with E-state index >= 15 is 0 Å². The number of fused-ring (bicyclic) bond motifs is 1. The predicted molar refractivity (Wildman–Crippen MR) is 47.2 cm³/mol. The van der Waals surface area contributed by atoms with Gasteiger partial charge in [0.2, 0.25) is 0 Å². The summed E-state index contributed by atoms with van der Waals surface area (Å²) < 4.78 is 0. The van der Waals surface area contributed by atoms with Gasteiger partial charge >= 0.3 is 0 Å². The van der Waals surface area contributed by atoms with Crippen LogP contribution in [0.5, 0.6) is 0 Å². The van der Waals surface area contributed by atoms with Crippen LogP contribution in [-0.4, -0.2) is 18.6 Å². The molecular weight excluding hydrogens is 136 g/mol. The normalized spacial score (nSPS) is 27.5. The standard InChI is InChI=1S/C9H10N2/c1-7-3-2-4-9-8(7)5-10-6-11-9/h2-3,5-6,9H,4H2,1H3. The second kappa shape index (κ2) is 2.46. The van der Waals surface area contributed by atoms with Gasteiger partial charge in [0, 0.05) is 6.21 Å². The van der Waals surface area contributed by atoms with Crippen molar-refractivity contribution in [2.24, 2.45) is 9.98 Å². The first-order chi connectivity index (χ1) is 5.38. The summed E-state index contributed by atoms with van der Waals surface area (Å²) in [6.07, 6.45) is 8.88. The minimum absolute atomic E-state index is 0.345. The van der Waals surface area contributed by atoms with Gasteiger partial charge in [-0.1, -0.05) is 12.2 Å². The first kappa shape index (κ1) is 6.53. The Morgan fingerprint density at radius 2 is 2.45 bits per heavy atom. The van der Waals surface area contributed by atoms with E-state index in [0.717, 1.165) is 6.42 Å². The second-order valence-corrected chi connectivity index (χ2v) is 2.83. The van der Waals surface area contributed by atoms with E-state index in [1.165, 1.54) is 11.1 Å². The molecule has 0 amide bonds. The third kappa shape index (κ3) is 1.04. The molecule has 2 heteroatoms. The highest BCUT2D eigenvalue weighted by molar-refractivity contribution is 5.90. The minimum Gasteiger partial charge on any atom is -0.265 e. The van der Waals surface area contributed by atoms with E-state index in [1.807, 2.05) is 6.21 Å². The molecule has 1 heterocycles. The molecule has 1 atom stereocenters. The molecule has 1 aliphatic heterocycles. The Kier molecular flexibility index (Phi) is 1.46. The van der Waals surface area contributed by atoms with Crippen molar-refractivity contribution in [1.82, 2.24) is 0 Å². The zero-order valence-corrected chi connectivity index (χ0v) is 6.49. The molecule has 1 aliphatic carbocycles. The van der Waals surface area contributed by atoms with Crippen molar-refractivity contribution in [3.8, 4) is 0 Å². The van der Waals surface area contributed by atoms with Crippen LogP contribution < -0.4 is 0 Å². The highest BCUT2D eigenvalue weighted by atomic mass is 14.9. The monoisotopic (exact) mass is 146 g/mol. The van der Waals surface area contributed by atoms with Crippen LogP contribution >= 0.6 is 0 Å². The molecule has 2 nitrogen and oxygen atoms in total. The predicted octanol–water partition coefficient (Wildman–Crippen LogP) is 1.74. The van der Waals surface area contributed by atoms with Gasteiger partial charge in [-0.2, -0.15) is 0 Å². The van der Waals surface area contributed by atoms with E-state index in [-0.39, 0.29) is 0 Å². The number of hydrogen-bond donors (Lipinski definition) is 0. The molecule has 0 aromatic heterocycles. The van der Waals surface area contributed by atoms with Crippen molar-refractivity contribution >= 4 is 12.6 Å². The molecule has 0 spiro atoms. The molecule has 11 heavy (non-hydrogen) atoms. The molecule has 0 N–H and O–H groups in total. The van der Waals surface area contributed by atoms with E-state index in [2.05, 4.69) is 29.1 Å². The maximum Gasteiger partial charge on any atom is 0.110 e. The lowest BCUT2D eigenvalue weighted by Crippen LogP contribution is -2.16. The fourth-order valence-electron chi connectivity index (χ4n) is 1.42. The lowest BCUT2D eigenvalue weighted by Gasteiger charge is -2.18. The van der Waals surface area contributed by atoms with Crippen molar-refractivity contribution in [1.29, 1.82) is 0 Å². The minimum atomic E-state index is 0.345. The average molecular weight is 146 g/mol. The summed E-state index contributed by atoms with van der Waals surface area (Å²) in [5, 5.41) is 0. The number of allylic oxidation sites excluding steroid dienone is 2. The number of rotatable bonds is 0. The quantitative estimate of drug-likeness (QED) is 0.497. The summed E-state index contributed by atoms with van der Waals surface area (Å²) in [5.41, 5.74) is 2.57. The number of nitrogens with zero attached hydrogens (tertiary/aromatic N) is 2. The fraction of sp³-hybridized carbons (Fsp3) is 0.333. The molecule has 0 aromatic carbocycles. The number of hydrogen-bond acceptors (Lipinski definition) is 2. The van der Waals surface area contributed by atoms with Crippen LogP contribution in [0.4, 0.5) is 0 Å². The molecule has 2 rings (SSSR count). The van der Waals surface area contributed by atoms with Gasteiger partial charge in [-0.05, 0) is 24.5 Å². The van der Waals surface area contributed by atoms with Crippen LogP contribution in [0.2, 0.25) is 0 Å². The second-order valence-electron chi connectivity index (χ2n) is 2.83. The van der Waals surface area contributed by atoms with E-state index in [1.54, 1.807) is 6.34 Å². The van der Waals surface area contributed by atoms with Gasteiger partial charge in [0.25, 0.3) is 0 Å². The third-order valence-corrected chi connectivity index (χ3v) is 2.07. The summed E-state index contributed by atoms with van der Waals surface area (Å²) in [5.74, 6) is 0. The lowest BCUT2D eigenvalue weighted by molar-refractivity contribution is 0.795. The lowest BCUT2D eigenvalue weighted by atomic mass is 9.94. The van der Waals surface area contributed by atoms with Gasteiger partial charge in [-0.3, -0.25) is 4.99 Å². The Morgan fingerprint density at radius 3 is 3.27 bits per heavy atom. The van der Waals surface area contributed by atoms with Crippen molar-refractivity contribution in [2.75, 3.05) is 0 Å². The largest absolute Gasteiger partial charge is 0.265 e. The van der Waals surface area contributed by atoms with Crippen LogP contribution in [0, 0.1) is 0 Å². The van der Waals surface area contributed by atoms with Crippen LogP contribution in [0.25, 0.3) is 0 Å². The molecule has 2 aliphatic rings. The zero-order valence-electron chi connectivity index (χ0n) is 6.49. The summed E-state index contributed by atoms with van der Waals surface area (Å²) in [6, 6.07) is 0.345. The highest BCUT2D eigenvalue weighted by Crippen LogP contribution is 2.21. The van der Waals surface area contributed by atoms with Crippen molar-refractivity contribution in [3.05, 3.63) is 23.3 Å². The van der Waals surface area contributed by atoms with Gasteiger partial charge < -0.3 is 0 Å². The average Bonchev–Trinajstić information content (AvgIpc) is 2.06. The van der Waals surface area contributed by atoms with Gasteiger partial charge in [0.1, 0.15) is 6.34 Å². The van der Waals surface area contributed by atoms with Crippen molar-refractivity contribution in [2.45, 2.75) is 19.4 Å². The van der Waals surface area contributed by atoms with Gasteiger partial charge in [-0.15, -0.1) is 0 Å². The molecule has 0 aromatic rings. The fourth-order valence-corrected chi connectivity index (χ4v) is 1.42. The Bertz CT molecular complexity index is 282. The smallest absolute Gasteiger partial charge is 0.110 e. The first-order valence-corrected chi connectivity index (χ1v) is 3.80. The van der Waals surface area contributed by atoms with E-state index in [9.17, 15) is 0 Å². The zero-order chi connectivity index (χ0) is 7.68. The molecule has 0 radical (unpaired) electrons. The van der Waals surface area contributed by atoms with E-state index in [0.29, 0.717) is 6.04 Å². The summed E-state index contributed by atoms with van der Waals surface area (Å²) >= 11 is 0. The van der Waals surface area contributed by atoms with E-state index in [4.69, 9.17) is 0 Å². The van der Waals surface area contributed by atoms with Crippen molar-refractivity contribution in [3.63, 3.8) is 0 Å². The molecule has 0 bridgehead atoms. The summed E-state index contributed by atoms with van der Waals surface area (Å²) in [6.45, 7) is 2.10. The molecule has 0 saturated carbocycles. The van der Waals surface area contributed by atoms with Crippen molar-refractivity contribution < 1.29 is 0 Å². The van der Waals surface area contributed by atoms with Crippen LogP contribution in [0.15, 0.2) is 33.3 Å². The maximum atomic E-state index is 4.27. The molecule has 56 valence electrons. The SMILES string of the molecule is CC1=C2C=NC=NC2CC=C1. The Morgan fingerprint density at radius 1 is 1.55 bits per heavy atom. The highest BCUT2D eigenvalue weighted by Gasteiger charge is 2.16. The Balaban J connectivity index is 2.43. The topological polar surface area (TPSA) is 24.7 Å². The molecule has 0 saturated heterocycles. The van der Waals surface area contributed by atoms with Crippen LogP contribution in [0.1, 0.15) is 13.3 Å². The van der Waals surface area contributed by atoms with E-state index < -0.39 is 0 Å². The van der Waals surface area contributed by atoms with Crippen LogP contribution in [0.3, 0.4) is 0 Å². The maximum absolute atomic E-state index is 4.27. The molecule has 1 unspecified atom stereocenters. The van der Waals surface area contributed by atoms with Crippen LogP contribution in [-0.2, 0) is 0 Å². The first-order valence-electron chi connectivity index (χ1n) is 3.80.